The fourth-order valence-corrected chi connectivity index (χ4v) is 14.4. The van der Waals surface area contributed by atoms with Crippen LogP contribution in [0.15, 0.2) is 0 Å². The molecule has 0 radical (unpaired) electrons. The molecule has 42 heavy (non-hydrogen) atoms. The van der Waals surface area contributed by atoms with Crippen molar-refractivity contribution in [2.45, 2.75) is 69.6 Å². The van der Waals surface area contributed by atoms with Crippen molar-refractivity contribution in [1.82, 2.24) is 0 Å². The van der Waals surface area contributed by atoms with Crippen LogP contribution in [0.3, 0.4) is 0 Å². The number of hydrogen-bond donors (Lipinski definition) is 6. The Morgan fingerprint density at radius 1 is 0.500 bits per heavy atom. The Labute approximate surface area is 240 Å². The lowest BCUT2D eigenvalue weighted by Gasteiger charge is -2.44. The molecule has 2 heterocycles. The molecule has 0 aliphatic carbocycles. The van der Waals surface area contributed by atoms with Crippen LogP contribution in [0.1, 0.15) is 13.3 Å². The van der Waals surface area contributed by atoms with Crippen molar-refractivity contribution in [1.29, 1.82) is 0 Å². The van der Waals surface area contributed by atoms with Crippen LogP contribution < -0.4 is 0 Å². The van der Waals surface area contributed by atoms with Gasteiger partial charge in [0.1, 0.15) is 27.1 Å². The lowest BCUT2D eigenvalue weighted by Crippen LogP contribution is -2.67. The number of ether oxygens (including phenoxy) is 4. The molecule has 6 N–H and O–H groups in total. The van der Waals surface area contributed by atoms with E-state index in [9.17, 15) is 77.8 Å². The second-order valence-electron chi connectivity index (χ2n) is 8.94. The van der Waals surface area contributed by atoms with E-state index in [4.69, 9.17) is 14.2 Å². The van der Waals surface area contributed by atoms with Crippen molar-refractivity contribution >= 4 is 60.7 Å². The fraction of sp³-hybridized carbons (Fsp3) is 1.00. The molecule has 2 fully saturated rings. The molecule has 0 aromatic carbocycles. The van der Waals surface area contributed by atoms with Crippen LogP contribution in [0.25, 0.3) is 0 Å². The lowest BCUT2D eigenvalue weighted by molar-refractivity contribution is -0.230. The first kappa shape index (κ1) is 37.5. The third-order valence-corrected chi connectivity index (χ3v) is 14.5. The number of methoxy groups -OCH3 is 1. The Morgan fingerprint density at radius 2 is 0.810 bits per heavy atom. The normalized spacial score (nSPS) is 36.0. The Morgan fingerprint density at radius 3 is 1.12 bits per heavy atom. The van der Waals surface area contributed by atoms with Gasteiger partial charge in [0.25, 0.3) is 60.7 Å². The summed E-state index contributed by atoms with van der Waals surface area (Å²) in [7, 11) is -34.0. The molecule has 0 aromatic heterocycles. The summed E-state index contributed by atoms with van der Waals surface area (Å²) in [5.74, 6) is 0. The molecule has 28 heteroatoms. The van der Waals surface area contributed by atoms with Gasteiger partial charge < -0.3 is 18.9 Å². The Balaban J connectivity index is 2.70. The molecule has 22 nitrogen and oxygen atoms in total. The van der Waals surface area contributed by atoms with Crippen LogP contribution in [0.4, 0.5) is 0 Å². The smallest absolute Gasteiger partial charge is 0.274 e. The highest BCUT2D eigenvalue weighted by molar-refractivity contribution is 7.93. The van der Waals surface area contributed by atoms with E-state index in [2.05, 4.69) is 4.74 Å². The largest absolute Gasteiger partial charge is 0.354 e. The topological polar surface area (TPSA) is 363 Å². The van der Waals surface area contributed by atoms with Gasteiger partial charge in [0.2, 0.25) is 0 Å². The van der Waals surface area contributed by atoms with Crippen LogP contribution in [-0.4, -0.2) is 148 Å². The van der Waals surface area contributed by atoms with Crippen molar-refractivity contribution in [3.8, 4) is 0 Å². The van der Waals surface area contributed by atoms with E-state index in [1.165, 1.54) is 0 Å². The molecule has 2 rings (SSSR count). The molecule has 2 saturated heterocycles. The number of hydrogen-bond acceptors (Lipinski definition) is 16. The molecule has 2 aliphatic heterocycles. The molecule has 0 bridgehead atoms. The Kier molecular flexibility index (Phi) is 10.9. The zero-order valence-corrected chi connectivity index (χ0v) is 25.8. The highest BCUT2D eigenvalue weighted by Gasteiger charge is 2.63. The molecule has 10 atom stereocenters. The van der Waals surface area contributed by atoms with Gasteiger partial charge in [-0.2, -0.15) is 50.5 Å². The minimum absolute atomic E-state index is 0.547. The van der Waals surface area contributed by atoms with E-state index in [1.54, 1.807) is 0 Å². The van der Waals surface area contributed by atoms with Gasteiger partial charge in [-0.3, -0.25) is 27.3 Å². The van der Waals surface area contributed by atoms with Crippen molar-refractivity contribution in [2.24, 2.45) is 0 Å². The summed E-state index contributed by atoms with van der Waals surface area (Å²) < 4.78 is 223. The number of rotatable bonds is 11. The van der Waals surface area contributed by atoms with E-state index in [-0.39, 0.29) is 0 Å². The summed E-state index contributed by atoms with van der Waals surface area (Å²) in [5, 5.41) is -18.1. The molecule has 0 aromatic rings. The van der Waals surface area contributed by atoms with E-state index < -0.39 is 130 Å². The molecule has 0 spiro atoms. The molecule has 0 amide bonds. The first-order valence-electron chi connectivity index (χ1n) is 10.8. The average Bonchev–Trinajstić information content (AvgIpc) is 2.76. The molecule has 250 valence electrons. The Bertz CT molecular complexity index is 1540. The molecule has 10 unspecified atom stereocenters. The monoisotopic (exact) mass is 738 g/mol. The second-order valence-corrected chi connectivity index (χ2v) is 18.4. The van der Waals surface area contributed by atoms with E-state index in [0.717, 1.165) is 6.92 Å². The minimum atomic E-state index is -5.88. The van der Waals surface area contributed by atoms with E-state index in [1.807, 2.05) is 0 Å². The van der Waals surface area contributed by atoms with Gasteiger partial charge in [0, 0.05) is 7.11 Å². The lowest BCUT2D eigenvalue weighted by atomic mass is 10.0. The third kappa shape index (κ3) is 8.11. The summed E-state index contributed by atoms with van der Waals surface area (Å²) >= 11 is 0. The standard InChI is InChI=1S/C14H26O22S6/c1-3-5-7(37(15,16)17)9(39(21,22)23)12(42(30,31)32)14(35-5)34-4-6-8(38(18,19)20)10(40(24,25)26)11(41(27,28)29)13(33-2)36-6/h5-14H,3-4H2,1-2H3,(H,15,16,17)(H,18,19,20)(H,21,22,23)(H,24,25,26)(H,27,28,29)(H,30,31,32). The predicted molar refractivity (Wildman–Crippen MR) is 133 cm³/mol. The predicted octanol–water partition coefficient (Wildman–Crippen LogP) is -3.95. The van der Waals surface area contributed by atoms with Gasteiger partial charge in [-0.25, -0.2) is 0 Å². The molecule has 2 aliphatic rings. The van der Waals surface area contributed by atoms with Gasteiger partial charge in [-0.1, -0.05) is 6.92 Å². The summed E-state index contributed by atoms with van der Waals surface area (Å²) in [5.41, 5.74) is 0. The first-order chi connectivity index (χ1) is 18.6. The van der Waals surface area contributed by atoms with Crippen LogP contribution in [-0.2, 0) is 79.7 Å². The molecular weight excluding hydrogens is 713 g/mol. The van der Waals surface area contributed by atoms with E-state index >= 15 is 0 Å². The zero-order chi connectivity index (χ0) is 33.0. The maximum absolute atomic E-state index is 12.2. The van der Waals surface area contributed by atoms with Crippen molar-refractivity contribution in [3.05, 3.63) is 0 Å². The Hall–Kier alpha value is -0.700. The van der Waals surface area contributed by atoms with Gasteiger partial charge >= 0.3 is 0 Å². The fourth-order valence-electron chi connectivity index (χ4n) is 4.76. The van der Waals surface area contributed by atoms with Crippen molar-refractivity contribution < 1.29 is 96.8 Å². The minimum Gasteiger partial charge on any atom is -0.354 e. The van der Waals surface area contributed by atoms with E-state index in [0.29, 0.717) is 7.11 Å². The van der Waals surface area contributed by atoms with Gasteiger partial charge in [-0.05, 0) is 6.42 Å². The molecular formula is C14H26O22S6. The van der Waals surface area contributed by atoms with Crippen LogP contribution in [0.5, 0.6) is 0 Å². The maximum atomic E-state index is 12.2. The summed E-state index contributed by atoms with van der Waals surface area (Å²) in [6.45, 7) is -0.418. The third-order valence-electron chi connectivity index (χ3n) is 6.31. The summed E-state index contributed by atoms with van der Waals surface area (Å²) in [4.78, 5) is 0. The molecule has 0 saturated carbocycles. The van der Waals surface area contributed by atoms with Gasteiger partial charge in [0.05, 0.1) is 12.7 Å². The van der Waals surface area contributed by atoms with Crippen LogP contribution >= 0.6 is 0 Å². The van der Waals surface area contributed by atoms with Gasteiger partial charge in [0.15, 0.2) is 23.1 Å². The summed E-state index contributed by atoms with van der Waals surface area (Å²) in [6.07, 6.45) is -10.2. The summed E-state index contributed by atoms with van der Waals surface area (Å²) in [6, 6.07) is 0. The van der Waals surface area contributed by atoms with Gasteiger partial charge in [-0.15, -0.1) is 0 Å². The average molecular weight is 739 g/mol. The maximum Gasteiger partial charge on any atom is 0.274 e. The van der Waals surface area contributed by atoms with Crippen LogP contribution in [0.2, 0.25) is 0 Å². The van der Waals surface area contributed by atoms with Crippen molar-refractivity contribution in [3.63, 3.8) is 0 Å². The first-order valence-corrected chi connectivity index (χ1v) is 19.8. The SMILES string of the molecule is CCC1OC(OCC2OC(OC)C(S(=O)(=O)O)C(S(=O)(=O)O)C2S(=O)(=O)O)C(S(=O)(=O)O)C(S(=O)(=O)O)C1S(=O)(=O)O. The highest BCUT2D eigenvalue weighted by atomic mass is 32.3. The van der Waals surface area contributed by atoms with Crippen LogP contribution in [0, 0.1) is 0 Å². The second kappa shape index (κ2) is 12.2. The quantitative estimate of drug-likeness (QED) is 0.110. The van der Waals surface area contributed by atoms with Crippen molar-refractivity contribution in [2.75, 3.05) is 13.7 Å². The highest BCUT2D eigenvalue weighted by Crippen LogP contribution is 2.38. The zero-order valence-electron chi connectivity index (χ0n) is 20.9.